The van der Waals surface area contributed by atoms with Crippen LogP contribution in [0.5, 0.6) is 5.75 Å². The molecule has 20 heavy (non-hydrogen) atoms. The molecule has 1 saturated carbocycles. The topological polar surface area (TPSA) is 22.1 Å². The zero-order valence-electron chi connectivity index (χ0n) is 11.6. The second kappa shape index (κ2) is 6.40. The van der Waals surface area contributed by atoms with E-state index in [0.29, 0.717) is 5.92 Å². The van der Waals surface area contributed by atoms with Crippen LogP contribution in [0.15, 0.2) is 35.2 Å². The van der Waals surface area contributed by atoms with E-state index >= 15 is 0 Å². The first-order valence-corrected chi connectivity index (χ1v) is 8.23. The number of thiazole rings is 1. The van der Waals surface area contributed by atoms with Crippen molar-refractivity contribution in [3.8, 4) is 5.75 Å². The van der Waals surface area contributed by atoms with E-state index in [1.54, 1.807) is 11.3 Å². The maximum atomic E-state index is 6.08. The van der Waals surface area contributed by atoms with E-state index in [1.165, 1.54) is 31.2 Å². The van der Waals surface area contributed by atoms with Crippen LogP contribution in [0.1, 0.15) is 42.9 Å². The third-order valence-corrected chi connectivity index (χ3v) is 4.56. The highest BCUT2D eigenvalue weighted by molar-refractivity contribution is 7.07. The van der Waals surface area contributed by atoms with E-state index in [4.69, 9.17) is 4.74 Å². The SMILES string of the molecule is [CH2]C(Cc1cscn1)Oc1ccccc1C1CCCC1. The molecule has 1 unspecified atom stereocenters. The lowest BCUT2D eigenvalue weighted by atomic mass is 9.97. The second-order valence-electron chi connectivity index (χ2n) is 5.44. The largest absolute Gasteiger partial charge is 0.490 e. The number of ether oxygens (including phenoxy) is 1. The number of rotatable bonds is 5. The molecule has 2 aromatic rings. The maximum Gasteiger partial charge on any atom is 0.123 e. The number of para-hydroxylation sites is 1. The second-order valence-corrected chi connectivity index (χ2v) is 6.16. The summed E-state index contributed by atoms with van der Waals surface area (Å²) in [6.45, 7) is 4.12. The lowest BCUT2D eigenvalue weighted by Crippen LogP contribution is -2.17. The number of aromatic nitrogens is 1. The van der Waals surface area contributed by atoms with E-state index in [0.717, 1.165) is 17.9 Å². The zero-order chi connectivity index (χ0) is 13.8. The fraction of sp³-hybridized carbons (Fsp3) is 0.412. The Hall–Kier alpha value is -1.35. The van der Waals surface area contributed by atoms with Crippen LogP contribution < -0.4 is 4.74 Å². The van der Waals surface area contributed by atoms with Gasteiger partial charge in [-0.3, -0.25) is 0 Å². The van der Waals surface area contributed by atoms with Crippen molar-refractivity contribution >= 4 is 11.3 Å². The van der Waals surface area contributed by atoms with E-state index in [1.807, 2.05) is 11.6 Å². The van der Waals surface area contributed by atoms with Gasteiger partial charge < -0.3 is 4.74 Å². The van der Waals surface area contributed by atoms with Crippen LogP contribution in [0.3, 0.4) is 0 Å². The Kier molecular flexibility index (Phi) is 4.36. The summed E-state index contributed by atoms with van der Waals surface area (Å²) in [7, 11) is 0. The lowest BCUT2D eigenvalue weighted by molar-refractivity contribution is 0.242. The van der Waals surface area contributed by atoms with Gasteiger partial charge in [-0.2, -0.15) is 0 Å². The van der Waals surface area contributed by atoms with E-state index in [9.17, 15) is 0 Å². The highest BCUT2D eigenvalue weighted by Crippen LogP contribution is 2.38. The maximum absolute atomic E-state index is 6.08. The molecule has 1 aromatic carbocycles. The van der Waals surface area contributed by atoms with Crippen LogP contribution in [0.2, 0.25) is 0 Å². The van der Waals surface area contributed by atoms with E-state index < -0.39 is 0 Å². The van der Waals surface area contributed by atoms with Gasteiger partial charge in [-0.25, -0.2) is 4.98 Å². The van der Waals surface area contributed by atoms with Gasteiger partial charge in [-0.05, 0) is 37.3 Å². The molecular weight excluding hydrogens is 266 g/mol. The molecule has 1 aliphatic carbocycles. The number of hydrogen-bond donors (Lipinski definition) is 0. The molecule has 1 heterocycles. The van der Waals surface area contributed by atoms with Gasteiger partial charge >= 0.3 is 0 Å². The lowest BCUT2D eigenvalue weighted by Gasteiger charge is -2.19. The van der Waals surface area contributed by atoms with E-state index in [2.05, 4.69) is 35.5 Å². The van der Waals surface area contributed by atoms with Crippen molar-refractivity contribution < 1.29 is 4.74 Å². The van der Waals surface area contributed by atoms with Crippen molar-refractivity contribution in [3.63, 3.8) is 0 Å². The summed E-state index contributed by atoms with van der Waals surface area (Å²) < 4.78 is 6.08. The van der Waals surface area contributed by atoms with Gasteiger partial charge in [0.1, 0.15) is 11.9 Å². The molecule has 3 heteroatoms. The quantitative estimate of drug-likeness (QED) is 0.800. The molecule has 1 radical (unpaired) electrons. The minimum Gasteiger partial charge on any atom is -0.490 e. The average molecular weight is 286 g/mol. The van der Waals surface area contributed by atoms with Crippen LogP contribution >= 0.6 is 11.3 Å². The fourth-order valence-electron chi connectivity index (χ4n) is 2.95. The molecule has 2 nitrogen and oxygen atoms in total. The van der Waals surface area contributed by atoms with E-state index in [-0.39, 0.29) is 6.10 Å². The first-order valence-electron chi connectivity index (χ1n) is 7.28. The molecule has 0 N–H and O–H groups in total. The third-order valence-electron chi connectivity index (χ3n) is 3.93. The van der Waals surface area contributed by atoms with Crippen molar-refractivity contribution in [2.45, 2.75) is 44.1 Å². The Labute approximate surface area is 124 Å². The van der Waals surface area contributed by atoms with Gasteiger partial charge in [0, 0.05) is 11.8 Å². The van der Waals surface area contributed by atoms with Crippen LogP contribution in [0, 0.1) is 6.92 Å². The van der Waals surface area contributed by atoms with Gasteiger partial charge in [0.2, 0.25) is 0 Å². The zero-order valence-corrected chi connectivity index (χ0v) is 12.4. The molecule has 0 saturated heterocycles. The average Bonchev–Trinajstić information content (AvgIpc) is 3.11. The summed E-state index contributed by atoms with van der Waals surface area (Å²) in [6, 6.07) is 8.44. The fourth-order valence-corrected chi connectivity index (χ4v) is 3.53. The molecule has 0 bridgehead atoms. The first kappa shape index (κ1) is 13.6. The van der Waals surface area contributed by atoms with Crippen molar-refractivity contribution in [1.82, 2.24) is 4.98 Å². The smallest absolute Gasteiger partial charge is 0.123 e. The number of nitrogens with zero attached hydrogens (tertiary/aromatic N) is 1. The number of hydrogen-bond acceptors (Lipinski definition) is 3. The summed E-state index contributed by atoms with van der Waals surface area (Å²) >= 11 is 1.62. The minimum atomic E-state index is -0.0837. The van der Waals surface area contributed by atoms with Gasteiger partial charge in [0.15, 0.2) is 0 Å². The monoisotopic (exact) mass is 286 g/mol. The van der Waals surface area contributed by atoms with Gasteiger partial charge in [0.05, 0.1) is 11.2 Å². The Morgan fingerprint density at radius 3 is 2.85 bits per heavy atom. The molecule has 1 fully saturated rings. The van der Waals surface area contributed by atoms with Crippen LogP contribution in [-0.2, 0) is 6.42 Å². The Morgan fingerprint density at radius 1 is 1.30 bits per heavy atom. The molecule has 1 atom stereocenters. The van der Waals surface area contributed by atoms with Gasteiger partial charge in [-0.1, -0.05) is 31.0 Å². The summed E-state index contributed by atoms with van der Waals surface area (Å²) in [5.41, 5.74) is 4.28. The van der Waals surface area contributed by atoms with Crippen molar-refractivity contribution in [2.24, 2.45) is 0 Å². The molecule has 0 spiro atoms. The summed E-state index contributed by atoms with van der Waals surface area (Å²) in [5, 5.41) is 2.06. The predicted molar refractivity (Wildman–Crippen MR) is 83.2 cm³/mol. The van der Waals surface area contributed by atoms with Crippen molar-refractivity contribution in [2.75, 3.05) is 0 Å². The van der Waals surface area contributed by atoms with Crippen LogP contribution in [-0.4, -0.2) is 11.1 Å². The summed E-state index contributed by atoms with van der Waals surface area (Å²) in [4.78, 5) is 4.30. The summed E-state index contributed by atoms with van der Waals surface area (Å²) in [6.07, 6.45) is 5.93. The number of benzene rings is 1. The highest BCUT2D eigenvalue weighted by atomic mass is 32.1. The Balaban J connectivity index is 1.70. The van der Waals surface area contributed by atoms with Crippen molar-refractivity contribution in [1.29, 1.82) is 0 Å². The molecule has 1 aliphatic rings. The first-order chi connectivity index (χ1) is 9.83. The highest BCUT2D eigenvalue weighted by Gasteiger charge is 2.21. The Bertz CT molecular complexity index is 532. The Morgan fingerprint density at radius 2 is 2.10 bits per heavy atom. The minimum absolute atomic E-state index is 0.0837. The molecule has 0 amide bonds. The van der Waals surface area contributed by atoms with Gasteiger partial charge in [-0.15, -0.1) is 11.3 Å². The standard InChI is InChI=1S/C17H20NOS/c1-13(10-15-11-20-12-18-15)19-17-9-5-4-8-16(17)14-6-2-3-7-14/h4-5,8-9,11-14H,1-3,6-7,10H2. The predicted octanol–water partition coefficient (Wildman–Crippen LogP) is 4.62. The molecule has 105 valence electrons. The van der Waals surface area contributed by atoms with Gasteiger partial charge in [0.25, 0.3) is 0 Å². The molecular formula is C17H20NOS. The van der Waals surface area contributed by atoms with Crippen LogP contribution in [0.25, 0.3) is 0 Å². The van der Waals surface area contributed by atoms with Crippen molar-refractivity contribution in [3.05, 3.63) is 53.3 Å². The van der Waals surface area contributed by atoms with Crippen LogP contribution in [0.4, 0.5) is 0 Å². The summed E-state index contributed by atoms with van der Waals surface area (Å²) in [5.74, 6) is 1.67. The molecule has 0 aliphatic heterocycles. The third kappa shape index (κ3) is 3.21. The normalized spacial score (nSPS) is 17.2. The molecule has 1 aromatic heterocycles. The molecule has 3 rings (SSSR count).